The SMILES string of the molecule is CCC1=Nc2[nH]ncc2C(c2ccccc2OC)C1C#N. The van der Waals surface area contributed by atoms with Crippen molar-refractivity contribution >= 4 is 11.5 Å². The van der Waals surface area contributed by atoms with E-state index in [0.29, 0.717) is 0 Å². The number of H-pyrrole nitrogens is 1. The highest BCUT2D eigenvalue weighted by Crippen LogP contribution is 2.44. The Morgan fingerprint density at radius 1 is 1.33 bits per heavy atom. The fourth-order valence-corrected chi connectivity index (χ4v) is 2.91. The van der Waals surface area contributed by atoms with Crippen LogP contribution in [-0.4, -0.2) is 23.0 Å². The van der Waals surface area contributed by atoms with Crippen molar-refractivity contribution in [1.82, 2.24) is 10.2 Å². The van der Waals surface area contributed by atoms with E-state index < -0.39 is 0 Å². The Morgan fingerprint density at radius 2 is 2.14 bits per heavy atom. The van der Waals surface area contributed by atoms with Crippen molar-refractivity contribution in [2.24, 2.45) is 10.9 Å². The molecule has 1 aromatic carbocycles. The lowest BCUT2D eigenvalue weighted by atomic mass is 9.77. The first-order valence-electron chi connectivity index (χ1n) is 6.93. The number of aromatic nitrogens is 2. The van der Waals surface area contributed by atoms with Crippen LogP contribution in [0.1, 0.15) is 30.4 Å². The molecule has 1 N–H and O–H groups in total. The standard InChI is InChI=1S/C16H16N4O/c1-3-13-11(8-17)15(12-9-18-20-16(12)19-13)10-6-4-5-7-14(10)21-2/h4-7,9,11,15H,3H2,1-2H3,(H,18,20). The van der Waals surface area contributed by atoms with Crippen LogP contribution in [0.5, 0.6) is 5.75 Å². The van der Waals surface area contributed by atoms with Crippen LogP contribution >= 0.6 is 0 Å². The molecule has 2 atom stereocenters. The number of aliphatic imine (C=N–C) groups is 1. The molecule has 1 aliphatic rings. The largest absolute Gasteiger partial charge is 0.496 e. The maximum atomic E-state index is 9.65. The molecule has 0 amide bonds. The third-order valence-corrected chi connectivity index (χ3v) is 3.91. The third-order valence-electron chi connectivity index (χ3n) is 3.91. The Hall–Kier alpha value is -2.61. The van der Waals surface area contributed by atoms with Crippen LogP contribution in [0.2, 0.25) is 0 Å². The molecule has 0 bridgehead atoms. The fourth-order valence-electron chi connectivity index (χ4n) is 2.91. The summed E-state index contributed by atoms with van der Waals surface area (Å²) in [5.74, 6) is 1.13. The van der Waals surface area contributed by atoms with Crippen molar-refractivity contribution in [2.75, 3.05) is 7.11 Å². The Morgan fingerprint density at radius 3 is 2.86 bits per heavy atom. The summed E-state index contributed by atoms with van der Waals surface area (Å²) in [4.78, 5) is 4.54. The smallest absolute Gasteiger partial charge is 0.151 e. The maximum Gasteiger partial charge on any atom is 0.151 e. The molecular weight excluding hydrogens is 264 g/mol. The average molecular weight is 280 g/mol. The highest BCUT2D eigenvalue weighted by molar-refractivity contribution is 5.94. The number of benzene rings is 1. The van der Waals surface area contributed by atoms with Gasteiger partial charge in [-0.1, -0.05) is 25.1 Å². The fraction of sp³-hybridized carbons (Fsp3) is 0.312. The number of methoxy groups -OCH3 is 1. The molecule has 0 fully saturated rings. The van der Waals surface area contributed by atoms with Crippen LogP contribution in [0.3, 0.4) is 0 Å². The minimum absolute atomic E-state index is 0.104. The number of aromatic amines is 1. The van der Waals surface area contributed by atoms with Crippen molar-refractivity contribution in [3.8, 4) is 11.8 Å². The minimum atomic E-state index is -0.295. The molecule has 21 heavy (non-hydrogen) atoms. The van der Waals surface area contributed by atoms with Gasteiger partial charge in [0.1, 0.15) is 5.75 Å². The van der Waals surface area contributed by atoms with Crippen molar-refractivity contribution in [1.29, 1.82) is 5.26 Å². The summed E-state index contributed by atoms with van der Waals surface area (Å²) in [6, 6.07) is 10.2. The zero-order chi connectivity index (χ0) is 14.8. The Labute approximate surface area is 123 Å². The maximum absolute atomic E-state index is 9.65. The summed E-state index contributed by atoms with van der Waals surface area (Å²) >= 11 is 0. The number of para-hydroxylation sites is 1. The number of rotatable bonds is 3. The molecule has 0 saturated heterocycles. The van der Waals surface area contributed by atoms with Gasteiger partial charge in [0.05, 0.1) is 25.3 Å². The lowest BCUT2D eigenvalue weighted by Crippen LogP contribution is -2.24. The molecular formula is C16H16N4O. The van der Waals surface area contributed by atoms with E-state index in [4.69, 9.17) is 4.74 Å². The zero-order valence-corrected chi connectivity index (χ0v) is 12.0. The van der Waals surface area contributed by atoms with E-state index in [2.05, 4.69) is 21.3 Å². The number of nitriles is 1. The van der Waals surface area contributed by atoms with Crippen LogP contribution in [-0.2, 0) is 0 Å². The van der Waals surface area contributed by atoms with Crippen LogP contribution in [0, 0.1) is 17.2 Å². The van der Waals surface area contributed by atoms with E-state index in [1.807, 2.05) is 31.2 Å². The predicted molar refractivity (Wildman–Crippen MR) is 79.9 cm³/mol. The average Bonchev–Trinajstić information content (AvgIpc) is 3.00. The summed E-state index contributed by atoms with van der Waals surface area (Å²) in [6.07, 6.45) is 2.50. The number of nitrogens with zero attached hydrogens (tertiary/aromatic N) is 3. The van der Waals surface area contributed by atoms with Crippen LogP contribution < -0.4 is 4.74 Å². The van der Waals surface area contributed by atoms with E-state index in [0.717, 1.165) is 34.8 Å². The first-order chi connectivity index (χ1) is 10.3. The number of nitrogens with one attached hydrogen (secondary N) is 1. The Kier molecular flexibility index (Phi) is 3.44. The third kappa shape index (κ3) is 2.09. The molecule has 1 aromatic heterocycles. The first kappa shape index (κ1) is 13.4. The van der Waals surface area contributed by atoms with Crippen molar-refractivity contribution in [3.63, 3.8) is 0 Å². The number of fused-ring (bicyclic) bond motifs is 1. The highest BCUT2D eigenvalue weighted by Gasteiger charge is 2.36. The van der Waals surface area contributed by atoms with Crippen molar-refractivity contribution < 1.29 is 4.74 Å². The molecule has 2 heterocycles. The van der Waals surface area contributed by atoms with E-state index in [1.54, 1.807) is 13.3 Å². The van der Waals surface area contributed by atoms with E-state index in [1.165, 1.54) is 0 Å². The minimum Gasteiger partial charge on any atom is -0.496 e. The lowest BCUT2D eigenvalue weighted by Gasteiger charge is -2.27. The van der Waals surface area contributed by atoms with Gasteiger partial charge in [0, 0.05) is 22.8 Å². The molecule has 0 saturated carbocycles. The second-order valence-corrected chi connectivity index (χ2v) is 4.96. The Balaban J connectivity index is 2.20. The van der Waals surface area contributed by atoms with Crippen LogP contribution in [0.4, 0.5) is 5.82 Å². The van der Waals surface area contributed by atoms with Gasteiger partial charge in [0.25, 0.3) is 0 Å². The van der Waals surface area contributed by atoms with Gasteiger partial charge in [0.15, 0.2) is 5.82 Å². The molecule has 2 aromatic rings. The summed E-state index contributed by atoms with van der Waals surface area (Å²) < 4.78 is 5.47. The molecule has 5 heteroatoms. The van der Waals surface area contributed by atoms with Gasteiger partial charge >= 0.3 is 0 Å². The van der Waals surface area contributed by atoms with Gasteiger partial charge in [-0.3, -0.25) is 5.10 Å². The zero-order valence-electron chi connectivity index (χ0n) is 12.0. The lowest BCUT2D eigenvalue weighted by molar-refractivity contribution is 0.406. The summed E-state index contributed by atoms with van der Waals surface area (Å²) in [5.41, 5.74) is 2.82. The van der Waals surface area contributed by atoms with Gasteiger partial charge in [-0.2, -0.15) is 10.4 Å². The second kappa shape index (κ2) is 5.41. The topological polar surface area (TPSA) is 74.1 Å². The number of hydrogen-bond acceptors (Lipinski definition) is 4. The molecule has 3 rings (SSSR count). The van der Waals surface area contributed by atoms with Crippen molar-refractivity contribution in [2.45, 2.75) is 19.3 Å². The Bertz CT molecular complexity index is 726. The number of hydrogen-bond donors (Lipinski definition) is 1. The van der Waals surface area contributed by atoms with Gasteiger partial charge in [-0.05, 0) is 12.5 Å². The van der Waals surface area contributed by atoms with Crippen LogP contribution in [0.25, 0.3) is 0 Å². The monoisotopic (exact) mass is 280 g/mol. The van der Waals surface area contributed by atoms with Gasteiger partial charge in [-0.25, -0.2) is 4.99 Å². The van der Waals surface area contributed by atoms with Gasteiger partial charge in [0.2, 0.25) is 0 Å². The molecule has 5 nitrogen and oxygen atoms in total. The molecule has 1 aliphatic heterocycles. The van der Waals surface area contributed by atoms with E-state index in [-0.39, 0.29) is 11.8 Å². The second-order valence-electron chi connectivity index (χ2n) is 4.96. The van der Waals surface area contributed by atoms with E-state index >= 15 is 0 Å². The molecule has 2 unspecified atom stereocenters. The molecule has 0 radical (unpaired) electrons. The normalized spacial score (nSPS) is 20.3. The molecule has 106 valence electrons. The molecule has 0 spiro atoms. The molecule has 0 aliphatic carbocycles. The summed E-state index contributed by atoms with van der Waals surface area (Å²) in [7, 11) is 1.65. The highest BCUT2D eigenvalue weighted by atomic mass is 16.5. The summed E-state index contributed by atoms with van der Waals surface area (Å²) in [5, 5.41) is 16.7. The quantitative estimate of drug-likeness (QED) is 0.938. The number of ether oxygens (including phenoxy) is 1. The summed E-state index contributed by atoms with van der Waals surface area (Å²) in [6.45, 7) is 2.02. The van der Waals surface area contributed by atoms with E-state index in [9.17, 15) is 5.26 Å². The predicted octanol–water partition coefficient (Wildman–Crippen LogP) is 3.19. The van der Waals surface area contributed by atoms with Gasteiger partial charge < -0.3 is 4.74 Å². The first-order valence-corrected chi connectivity index (χ1v) is 6.93. The van der Waals surface area contributed by atoms with Crippen LogP contribution in [0.15, 0.2) is 35.5 Å². The van der Waals surface area contributed by atoms with Gasteiger partial charge in [-0.15, -0.1) is 0 Å². The van der Waals surface area contributed by atoms with Crippen molar-refractivity contribution in [3.05, 3.63) is 41.6 Å².